The summed E-state index contributed by atoms with van der Waals surface area (Å²) in [5, 5.41) is 5.56. The quantitative estimate of drug-likeness (QED) is 0.673. The lowest BCUT2D eigenvalue weighted by molar-refractivity contribution is 0.956. The zero-order chi connectivity index (χ0) is 12.7. The molecule has 0 spiro atoms. The third-order valence-electron chi connectivity index (χ3n) is 2.65. The molecule has 90 valence electrons. The van der Waals surface area contributed by atoms with Gasteiger partial charge in [-0.05, 0) is 36.8 Å². The maximum atomic E-state index is 6.15. The van der Waals surface area contributed by atoms with E-state index in [1.807, 2.05) is 31.3 Å². The van der Waals surface area contributed by atoms with Crippen LogP contribution in [0.5, 0.6) is 0 Å². The van der Waals surface area contributed by atoms with Crippen molar-refractivity contribution in [1.82, 2.24) is 14.6 Å². The number of benzene rings is 1. The largest absolute Gasteiger partial charge is 0.220 e. The topological polar surface area (TPSA) is 30.2 Å². The molecule has 0 saturated carbocycles. The minimum absolute atomic E-state index is 0.551. The Balaban J connectivity index is 2.19. The smallest absolute Gasteiger partial charge is 0.183 e. The second kappa shape index (κ2) is 4.26. The lowest BCUT2D eigenvalue weighted by atomic mass is 10.2. The van der Waals surface area contributed by atoms with Crippen LogP contribution in [0.25, 0.3) is 17.0 Å². The Hall–Kier alpha value is -1.58. The first-order valence-corrected chi connectivity index (χ1v) is 6.17. The molecule has 0 atom stereocenters. The number of fused-ring (bicyclic) bond motifs is 1. The SMILES string of the molecule is Cc1ccc2nc(-c3ccc(Cl)cc3Cl)nn2c1. The number of pyridine rings is 1. The molecule has 0 N–H and O–H groups in total. The van der Waals surface area contributed by atoms with Gasteiger partial charge in [0.1, 0.15) is 0 Å². The van der Waals surface area contributed by atoms with Crippen LogP contribution < -0.4 is 0 Å². The molecule has 0 fully saturated rings. The lowest BCUT2D eigenvalue weighted by Crippen LogP contribution is -1.88. The van der Waals surface area contributed by atoms with Gasteiger partial charge in [0, 0.05) is 16.8 Å². The highest BCUT2D eigenvalue weighted by atomic mass is 35.5. The van der Waals surface area contributed by atoms with Gasteiger partial charge in [0.25, 0.3) is 0 Å². The van der Waals surface area contributed by atoms with E-state index < -0.39 is 0 Å². The first-order chi connectivity index (χ1) is 8.63. The second-order valence-corrected chi connectivity index (χ2v) is 4.91. The van der Waals surface area contributed by atoms with Crippen LogP contribution in [0.4, 0.5) is 0 Å². The number of hydrogen-bond acceptors (Lipinski definition) is 2. The predicted molar refractivity (Wildman–Crippen MR) is 73.2 cm³/mol. The summed E-state index contributed by atoms with van der Waals surface area (Å²) < 4.78 is 1.75. The van der Waals surface area contributed by atoms with Gasteiger partial charge < -0.3 is 0 Å². The highest BCUT2D eigenvalue weighted by Gasteiger charge is 2.10. The molecule has 2 aromatic heterocycles. The normalized spacial score (nSPS) is 11.1. The van der Waals surface area contributed by atoms with Gasteiger partial charge in [0.15, 0.2) is 11.5 Å². The average Bonchev–Trinajstić information content (AvgIpc) is 2.71. The van der Waals surface area contributed by atoms with Gasteiger partial charge in [-0.25, -0.2) is 9.50 Å². The van der Waals surface area contributed by atoms with Gasteiger partial charge >= 0.3 is 0 Å². The van der Waals surface area contributed by atoms with E-state index in [2.05, 4.69) is 10.1 Å². The van der Waals surface area contributed by atoms with Crippen LogP contribution in [0.1, 0.15) is 5.56 Å². The van der Waals surface area contributed by atoms with Crippen molar-refractivity contribution in [3.05, 3.63) is 52.1 Å². The van der Waals surface area contributed by atoms with Crippen molar-refractivity contribution in [3.8, 4) is 11.4 Å². The second-order valence-electron chi connectivity index (χ2n) is 4.07. The van der Waals surface area contributed by atoms with Gasteiger partial charge in [0.2, 0.25) is 0 Å². The molecule has 3 rings (SSSR count). The van der Waals surface area contributed by atoms with Crippen molar-refractivity contribution in [2.75, 3.05) is 0 Å². The van der Waals surface area contributed by atoms with Crippen LogP contribution >= 0.6 is 23.2 Å². The first kappa shape index (κ1) is 11.5. The van der Waals surface area contributed by atoms with Gasteiger partial charge in [-0.2, -0.15) is 0 Å². The number of halogens is 2. The first-order valence-electron chi connectivity index (χ1n) is 5.42. The molecule has 3 aromatic rings. The molecular formula is C13H9Cl2N3. The highest BCUT2D eigenvalue weighted by molar-refractivity contribution is 6.36. The van der Waals surface area contributed by atoms with E-state index in [4.69, 9.17) is 23.2 Å². The van der Waals surface area contributed by atoms with Crippen LogP contribution in [0, 0.1) is 6.92 Å². The van der Waals surface area contributed by atoms with E-state index in [1.165, 1.54) is 0 Å². The number of aromatic nitrogens is 3. The van der Waals surface area contributed by atoms with E-state index in [1.54, 1.807) is 16.6 Å². The fraction of sp³-hybridized carbons (Fsp3) is 0.0769. The Morgan fingerprint density at radius 2 is 1.94 bits per heavy atom. The number of hydrogen-bond donors (Lipinski definition) is 0. The van der Waals surface area contributed by atoms with Crippen molar-refractivity contribution in [1.29, 1.82) is 0 Å². The van der Waals surface area contributed by atoms with Crippen molar-refractivity contribution in [2.45, 2.75) is 6.92 Å². The Labute approximate surface area is 114 Å². The molecule has 0 saturated heterocycles. The molecule has 2 heterocycles. The molecule has 0 aliphatic rings. The number of nitrogens with zero attached hydrogens (tertiary/aromatic N) is 3. The van der Waals surface area contributed by atoms with Crippen LogP contribution in [0.3, 0.4) is 0 Å². The molecule has 18 heavy (non-hydrogen) atoms. The Morgan fingerprint density at radius 1 is 1.11 bits per heavy atom. The predicted octanol–water partition coefficient (Wildman–Crippen LogP) is 4.01. The van der Waals surface area contributed by atoms with Gasteiger partial charge in [-0.1, -0.05) is 29.3 Å². The maximum Gasteiger partial charge on any atom is 0.183 e. The molecule has 0 unspecified atom stereocenters. The van der Waals surface area contributed by atoms with Crippen LogP contribution in [-0.4, -0.2) is 14.6 Å². The van der Waals surface area contributed by atoms with Crippen molar-refractivity contribution >= 4 is 28.8 Å². The molecule has 3 nitrogen and oxygen atoms in total. The summed E-state index contributed by atoms with van der Waals surface area (Å²) in [4.78, 5) is 4.44. The zero-order valence-electron chi connectivity index (χ0n) is 9.56. The summed E-state index contributed by atoms with van der Waals surface area (Å²) in [5.74, 6) is 0.599. The summed E-state index contributed by atoms with van der Waals surface area (Å²) in [6, 6.07) is 9.22. The summed E-state index contributed by atoms with van der Waals surface area (Å²) in [6.07, 6.45) is 1.93. The molecular weight excluding hydrogens is 269 g/mol. The lowest BCUT2D eigenvalue weighted by Gasteiger charge is -1.98. The molecule has 0 aliphatic heterocycles. The van der Waals surface area contributed by atoms with Crippen molar-refractivity contribution in [3.63, 3.8) is 0 Å². The van der Waals surface area contributed by atoms with Crippen LogP contribution in [0.2, 0.25) is 10.0 Å². The zero-order valence-corrected chi connectivity index (χ0v) is 11.1. The third-order valence-corrected chi connectivity index (χ3v) is 3.20. The Bertz CT molecular complexity index is 734. The number of rotatable bonds is 1. The minimum Gasteiger partial charge on any atom is -0.220 e. The minimum atomic E-state index is 0.551. The monoisotopic (exact) mass is 277 g/mol. The summed E-state index contributed by atoms with van der Waals surface area (Å²) >= 11 is 12.0. The van der Waals surface area contributed by atoms with Gasteiger partial charge in [-0.15, -0.1) is 5.10 Å². The number of aryl methyl sites for hydroxylation is 1. The molecule has 1 aromatic carbocycles. The molecule has 0 amide bonds. The molecule has 5 heteroatoms. The molecule has 0 bridgehead atoms. The standard InChI is InChI=1S/C13H9Cl2N3/c1-8-2-5-12-16-13(17-18(12)7-8)10-4-3-9(14)6-11(10)15/h2-7H,1H3. The molecule has 0 aliphatic carbocycles. The summed E-state index contributed by atoms with van der Waals surface area (Å²) in [5.41, 5.74) is 2.70. The van der Waals surface area contributed by atoms with E-state index in [9.17, 15) is 0 Å². The third kappa shape index (κ3) is 1.96. The van der Waals surface area contributed by atoms with Crippen molar-refractivity contribution < 1.29 is 0 Å². The maximum absolute atomic E-state index is 6.15. The van der Waals surface area contributed by atoms with E-state index in [0.29, 0.717) is 15.9 Å². The fourth-order valence-corrected chi connectivity index (χ4v) is 2.26. The average molecular weight is 278 g/mol. The Kier molecular flexibility index (Phi) is 2.73. The van der Waals surface area contributed by atoms with E-state index in [0.717, 1.165) is 16.8 Å². The fourth-order valence-electron chi connectivity index (χ4n) is 1.77. The van der Waals surface area contributed by atoms with Crippen LogP contribution in [0.15, 0.2) is 36.5 Å². The van der Waals surface area contributed by atoms with Crippen molar-refractivity contribution in [2.24, 2.45) is 0 Å². The van der Waals surface area contributed by atoms with E-state index >= 15 is 0 Å². The Morgan fingerprint density at radius 3 is 2.72 bits per heavy atom. The van der Waals surface area contributed by atoms with Gasteiger partial charge in [-0.3, -0.25) is 0 Å². The highest BCUT2D eigenvalue weighted by Crippen LogP contribution is 2.28. The summed E-state index contributed by atoms with van der Waals surface area (Å²) in [7, 11) is 0. The van der Waals surface area contributed by atoms with Crippen LogP contribution in [-0.2, 0) is 0 Å². The summed E-state index contributed by atoms with van der Waals surface area (Å²) in [6.45, 7) is 2.01. The van der Waals surface area contributed by atoms with Gasteiger partial charge in [0.05, 0.1) is 5.02 Å². The molecule has 0 radical (unpaired) electrons. The van der Waals surface area contributed by atoms with E-state index in [-0.39, 0.29) is 0 Å².